The highest BCUT2D eigenvalue weighted by atomic mass is 16.2. The van der Waals surface area contributed by atoms with Crippen molar-refractivity contribution in [2.45, 2.75) is 139 Å². The van der Waals surface area contributed by atoms with Gasteiger partial charge in [0.2, 0.25) is 0 Å². The van der Waals surface area contributed by atoms with Crippen molar-refractivity contribution in [3.8, 4) is 0 Å². The van der Waals surface area contributed by atoms with E-state index in [0.717, 1.165) is 59.9 Å². The molecule has 0 bridgehead atoms. The molecule has 3 unspecified atom stereocenters. The number of rotatable bonds is 16. The third-order valence-corrected chi connectivity index (χ3v) is 9.28. The average Bonchev–Trinajstić information content (AvgIpc) is 2.97. The van der Waals surface area contributed by atoms with E-state index >= 15 is 0 Å². The molecule has 3 atom stereocenters. The molecular weight excluding hydrogens is 572 g/mol. The lowest BCUT2D eigenvalue weighted by atomic mass is 9.70. The molecule has 252 valence electrons. The van der Waals surface area contributed by atoms with Crippen LogP contribution in [0, 0.1) is 24.7 Å². The van der Waals surface area contributed by atoms with Crippen molar-refractivity contribution in [3.05, 3.63) is 69.3 Å². The highest BCUT2D eigenvalue weighted by molar-refractivity contribution is 6.01. The van der Waals surface area contributed by atoms with Crippen LogP contribution in [0.2, 0.25) is 0 Å². The Balaban J connectivity index is 0.00000236. The first-order valence-corrected chi connectivity index (χ1v) is 17.6. The third kappa shape index (κ3) is 11.0. The zero-order valence-corrected chi connectivity index (χ0v) is 30.0. The summed E-state index contributed by atoms with van der Waals surface area (Å²) < 4.78 is 0. The quantitative estimate of drug-likeness (QED) is 0.136. The van der Waals surface area contributed by atoms with Crippen LogP contribution < -0.4 is 0 Å². The van der Waals surface area contributed by atoms with E-state index in [9.17, 15) is 24.0 Å². The van der Waals surface area contributed by atoms with Gasteiger partial charge in [0.15, 0.2) is 11.6 Å². The van der Waals surface area contributed by atoms with Crippen molar-refractivity contribution < 1.29 is 24.0 Å². The lowest BCUT2D eigenvalue weighted by Gasteiger charge is -2.33. The molecule has 0 heterocycles. The van der Waals surface area contributed by atoms with Crippen LogP contribution in [-0.2, 0) is 33.6 Å². The molecule has 0 radical (unpaired) electrons. The predicted molar refractivity (Wildman–Crippen MR) is 188 cm³/mol. The summed E-state index contributed by atoms with van der Waals surface area (Å²) in [6.07, 6.45) is 7.29. The van der Waals surface area contributed by atoms with Gasteiger partial charge < -0.3 is 0 Å². The third-order valence-electron chi connectivity index (χ3n) is 9.28. The number of carbonyl (C=O) groups excluding carboxylic acids is 5. The van der Waals surface area contributed by atoms with Crippen molar-refractivity contribution in [1.82, 2.24) is 0 Å². The van der Waals surface area contributed by atoms with Crippen molar-refractivity contribution in [1.29, 1.82) is 0 Å². The Kier molecular flexibility index (Phi) is 15.9. The van der Waals surface area contributed by atoms with Gasteiger partial charge in [-0.15, -0.1) is 0 Å². The first-order valence-electron chi connectivity index (χ1n) is 17.6. The van der Waals surface area contributed by atoms with Gasteiger partial charge in [-0.3, -0.25) is 24.0 Å². The van der Waals surface area contributed by atoms with Gasteiger partial charge in [-0.1, -0.05) is 91.1 Å². The van der Waals surface area contributed by atoms with Crippen LogP contribution in [0.1, 0.15) is 161 Å². The molecule has 2 aromatic carbocycles. The summed E-state index contributed by atoms with van der Waals surface area (Å²) in [6.45, 7) is 17.8. The maximum atomic E-state index is 13.8. The number of benzene rings is 2. The molecule has 5 heteroatoms. The summed E-state index contributed by atoms with van der Waals surface area (Å²) in [5, 5.41) is 0. The molecule has 5 nitrogen and oxygen atoms in total. The SMILES string of the molecule is CCC.CCCC(CC1CC(=O)c2c(C)c(CCC(=O)Cc3ccc(C(C)=O)cc3)cc(C(C)C)c2C1)C(CC)C(=O)CC(C)=O. The monoisotopic (exact) mass is 630 g/mol. The van der Waals surface area contributed by atoms with E-state index in [4.69, 9.17) is 0 Å². The van der Waals surface area contributed by atoms with Crippen LogP contribution in [0.25, 0.3) is 0 Å². The van der Waals surface area contributed by atoms with Crippen molar-refractivity contribution >= 4 is 28.9 Å². The van der Waals surface area contributed by atoms with E-state index in [0.29, 0.717) is 31.2 Å². The lowest BCUT2D eigenvalue weighted by molar-refractivity contribution is -0.130. The molecule has 2 aromatic rings. The highest BCUT2D eigenvalue weighted by Crippen LogP contribution is 2.40. The second-order valence-corrected chi connectivity index (χ2v) is 13.8. The number of fused-ring (bicyclic) bond motifs is 1. The van der Waals surface area contributed by atoms with Gasteiger partial charge in [0.1, 0.15) is 17.3 Å². The van der Waals surface area contributed by atoms with Crippen LogP contribution >= 0.6 is 0 Å². The second kappa shape index (κ2) is 18.8. The van der Waals surface area contributed by atoms with Gasteiger partial charge in [-0.2, -0.15) is 0 Å². The van der Waals surface area contributed by atoms with E-state index in [1.807, 2.05) is 26.0 Å². The Morgan fingerprint density at radius 1 is 0.935 bits per heavy atom. The fraction of sp³-hybridized carbons (Fsp3) is 0.585. The largest absolute Gasteiger partial charge is 0.300 e. The van der Waals surface area contributed by atoms with Gasteiger partial charge in [0.25, 0.3) is 0 Å². The molecule has 3 rings (SSSR count). The van der Waals surface area contributed by atoms with E-state index in [2.05, 4.69) is 40.7 Å². The molecule has 0 spiro atoms. The van der Waals surface area contributed by atoms with E-state index in [-0.39, 0.29) is 59.0 Å². The van der Waals surface area contributed by atoms with Gasteiger partial charge in [-0.25, -0.2) is 0 Å². The molecule has 0 amide bonds. The lowest BCUT2D eigenvalue weighted by Crippen LogP contribution is -2.30. The minimum atomic E-state index is -0.140. The molecule has 0 aliphatic heterocycles. The topological polar surface area (TPSA) is 85.3 Å². The number of aryl methyl sites for hydroxylation is 1. The molecule has 1 aliphatic carbocycles. The maximum absolute atomic E-state index is 13.8. The molecule has 0 fully saturated rings. The summed E-state index contributed by atoms with van der Waals surface area (Å²) in [7, 11) is 0. The molecule has 0 N–H and O–H groups in total. The van der Waals surface area contributed by atoms with Gasteiger partial charge in [0.05, 0.1) is 6.42 Å². The van der Waals surface area contributed by atoms with E-state index in [1.54, 1.807) is 12.1 Å². The van der Waals surface area contributed by atoms with Gasteiger partial charge >= 0.3 is 0 Å². The Bertz CT molecular complexity index is 1360. The highest BCUT2D eigenvalue weighted by Gasteiger charge is 2.34. The van der Waals surface area contributed by atoms with Crippen LogP contribution in [-0.4, -0.2) is 28.9 Å². The minimum Gasteiger partial charge on any atom is -0.300 e. The zero-order chi connectivity index (χ0) is 34.6. The maximum Gasteiger partial charge on any atom is 0.163 e. The van der Waals surface area contributed by atoms with Crippen LogP contribution in [0.3, 0.4) is 0 Å². The molecule has 0 saturated heterocycles. The average molecular weight is 631 g/mol. The molecule has 0 aromatic heterocycles. The standard InChI is InChI=1S/C38H50O5.C3H8/c1-8-10-31(33(9-2)36(42)17-24(5)39)18-28-20-35-34(23(3)4)22-30(25(6)38(35)37(43)21-28)15-16-32(41)19-27-11-13-29(14-12-27)26(7)40;1-3-2/h11-14,22-23,28,31,33H,8-10,15-21H2,1-7H3;3H2,1-2H3. The molecule has 1 aliphatic rings. The second-order valence-electron chi connectivity index (χ2n) is 13.8. The summed E-state index contributed by atoms with van der Waals surface area (Å²) >= 11 is 0. The van der Waals surface area contributed by atoms with Gasteiger partial charge in [0, 0.05) is 36.3 Å². The fourth-order valence-corrected chi connectivity index (χ4v) is 7.11. The Morgan fingerprint density at radius 2 is 1.57 bits per heavy atom. The molecule has 0 saturated carbocycles. The predicted octanol–water partition coefficient (Wildman–Crippen LogP) is 9.61. The molecule has 46 heavy (non-hydrogen) atoms. The molecular formula is C41H58O5. The first-order chi connectivity index (χ1) is 21.8. The number of hydrogen-bond acceptors (Lipinski definition) is 5. The minimum absolute atomic E-state index is 0.000726. The first kappa shape index (κ1) is 39.0. The van der Waals surface area contributed by atoms with Crippen molar-refractivity contribution in [2.24, 2.45) is 17.8 Å². The summed E-state index contributed by atoms with van der Waals surface area (Å²) in [4.78, 5) is 62.8. The Labute approximate surface area is 278 Å². The van der Waals surface area contributed by atoms with Crippen molar-refractivity contribution in [2.75, 3.05) is 0 Å². The normalized spacial score (nSPS) is 15.4. The zero-order valence-electron chi connectivity index (χ0n) is 30.0. The van der Waals surface area contributed by atoms with E-state index < -0.39 is 0 Å². The van der Waals surface area contributed by atoms with Crippen LogP contribution in [0.4, 0.5) is 0 Å². The fourth-order valence-electron chi connectivity index (χ4n) is 7.11. The number of carbonyl (C=O) groups is 5. The number of ketones is 5. The Morgan fingerprint density at radius 3 is 2.09 bits per heavy atom. The summed E-state index contributed by atoms with van der Waals surface area (Å²) in [5.74, 6) is 0.720. The smallest absolute Gasteiger partial charge is 0.163 e. The Hall–Kier alpha value is -3.21. The summed E-state index contributed by atoms with van der Waals surface area (Å²) in [5.41, 5.74) is 6.78. The number of Topliss-reactive ketones (excluding diaryl/α,β-unsaturated/α-hetero) is 5. The summed E-state index contributed by atoms with van der Waals surface area (Å²) in [6, 6.07) is 9.44. The van der Waals surface area contributed by atoms with Crippen molar-refractivity contribution in [3.63, 3.8) is 0 Å². The van der Waals surface area contributed by atoms with Crippen LogP contribution in [0.15, 0.2) is 30.3 Å². The van der Waals surface area contributed by atoms with Crippen LogP contribution in [0.5, 0.6) is 0 Å². The number of hydrogen-bond donors (Lipinski definition) is 0. The van der Waals surface area contributed by atoms with Gasteiger partial charge in [-0.05, 0) is 92.0 Å². The van der Waals surface area contributed by atoms with E-state index in [1.165, 1.54) is 25.8 Å².